The first kappa shape index (κ1) is 27.8. The predicted octanol–water partition coefficient (Wildman–Crippen LogP) is 5.89. The molecule has 0 bridgehead atoms. The number of aromatic nitrogens is 1. The molecule has 39 heavy (non-hydrogen) atoms. The van der Waals surface area contributed by atoms with E-state index in [9.17, 15) is 19.0 Å². The van der Waals surface area contributed by atoms with Gasteiger partial charge in [-0.15, -0.1) is 0 Å². The van der Waals surface area contributed by atoms with Crippen LogP contribution in [-0.4, -0.2) is 27.9 Å². The van der Waals surface area contributed by atoms with Crippen molar-refractivity contribution in [2.75, 3.05) is 0 Å². The topological polar surface area (TPSA) is 128 Å². The fourth-order valence-corrected chi connectivity index (χ4v) is 5.46. The molecule has 0 spiro atoms. The number of carbonyl (C=O) groups excluding carboxylic acids is 2. The SMILES string of the molecule is O=C(CCC(NC(=O)OCc1ccccc1)P(=O)(O)Cc1cc(-c2ccccc2)no1)OCc1ccccc1. The largest absolute Gasteiger partial charge is 0.461 e. The number of ether oxygens (including phenoxy) is 2. The van der Waals surface area contributed by atoms with Crippen molar-refractivity contribution in [2.45, 2.75) is 38.0 Å². The Bertz CT molecular complexity index is 1390. The number of hydrogen-bond acceptors (Lipinski definition) is 7. The molecule has 2 N–H and O–H groups in total. The highest BCUT2D eigenvalue weighted by atomic mass is 31.2. The van der Waals surface area contributed by atoms with Crippen molar-refractivity contribution in [2.24, 2.45) is 0 Å². The number of rotatable bonds is 12. The molecule has 0 saturated heterocycles. The zero-order valence-electron chi connectivity index (χ0n) is 21.1. The van der Waals surface area contributed by atoms with Crippen LogP contribution >= 0.6 is 7.37 Å². The van der Waals surface area contributed by atoms with Crippen LogP contribution in [0.2, 0.25) is 0 Å². The molecule has 0 radical (unpaired) electrons. The Kier molecular flexibility index (Phi) is 9.67. The van der Waals surface area contributed by atoms with Gasteiger partial charge in [0, 0.05) is 18.1 Å². The van der Waals surface area contributed by atoms with Gasteiger partial charge in [-0.25, -0.2) is 4.79 Å². The summed E-state index contributed by atoms with van der Waals surface area (Å²) in [5.74, 6) is -1.67. The minimum Gasteiger partial charge on any atom is -0.461 e. The molecule has 0 aliphatic rings. The number of nitrogens with one attached hydrogen (secondary N) is 1. The third-order valence-corrected chi connectivity index (χ3v) is 7.99. The Morgan fingerprint density at radius 2 is 1.44 bits per heavy atom. The van der Waals surface area contributed by atoms with Crippen LogP contribution in [0.5, 0.6) is 0 Å². The number of nitrogens with zero attached hydrogens (tertiary/aromatic N) is 1. The summed E-state index contributed by atoms with van der Waals surface area (Å²) in [7, 11) is -4.14. The van der Waals surface area contributed by atoms with E-state index < -0.39 is 31.4 Å². The van der Waals surface area contributed by atoms with Crippen LogP contribution in [0.1, 0.15) is 29.7 Å². The van der Waals surface area contributed by atoms with Crippen molar-refractivity contribution in [1.29, 1.82) is 0 Å². The molecule has 10 heteroatoms. The average Bonchev–Trinajstić information content (AvgIpc) is 3.42. The highest BCUT2D eigenvalue weighted by Crippen LogP contribution is 2.50. The maximum atomic E-state index is 13.5. The van der Waals surface area contributed by atoms with E-state index in [4.69, 9.17) is 14.0 Å². The lowest BCUT2D eigenvalue weighted by Crippen LogP contribution is -2.36. The minimum atomic E-state index is -4.14. The van der Waals surface area contributed by atoms with Crippen LogP contribution in [-0.2, 0) is 38.2 Å². The van der Waals surface area contributed by atoms with Crippen LogP contribution < -0.4 is 5.32 Å². The average molecular weight is 549 g/mol. The van der Waals surface area contributed by atoms with E-state index in [1.165, 1.54) is 0 Å². The van der Waals surface area contributed by atoms with E-state index in [1.54, 1.807) is 18.2 Å². The zero-order valence-corrected chi connectivity index (χ0v) is 22.0. The zero-order chi connectivity index (χ0) is 27.5. The van der Waals surface area contributed by atoms with E-state index in [-0.39, 0.29) is 31.8 Å². The highest BCUT2D eigenvalue weighted by Gasteiger charge is 2.35. The summed E-state index contributed by atoms with van der Waals surface area (Å²) in [5, 5.41) is 6.46. The molecule has 0 aliphatic carbocycles. The van der Waals surface area contributed by atoms with Crippen molar-refractivity contribution >= 4 is 19.4 Å². The first-order valence-corrected chi connectivity index (χ1v) is 14.3. The summed E-state index contributed by atoms with van der Waals surface area (Å²) >= 11 is 0. The highest BCUT2D eigenvalue weighted by molar-refractivity contribution is 7.57. The van der Waals surface area contributed by atoms with E-state index in [2.05, 4.69) is 10.5 Å². The van der Waals surface area contributed by atoms with Gasteiger partial charge in [-0.2, -0.15) is 0 Å². The van der Waals surface area contributed by atoms with Crippen LogP contribution in [0.4, 0.5) is 4.79 Å². The second-order valence-corrected chi connectivity index (χ2v) is 11.3. The molecular formula is C29H29N2O7P. The molecule has 0 fully saturated rings. The molecule has 0 saturated carbocycles. The molecule has 2 atom stereocenters. The summed E-state index contributed by atoms with van der Waals surface area (Å²) in [5.41, 5.74) is 2.89. The molecule has 1 heterocycles. The quantitative estimate of drug-likeness (QED) is 0.166. The van der Waals surface area contributed by atoms with Crippen LogP contribution in [0.15, 0.2) is 102 Å². The summed E-state index contributed by atoms with van der Waals surface area (Å²) in [6.45, 7) is 0.0603. The summed E-state index contributed by atoms with van der Waals surface area (Å²) < 4.78 is 29.3. The maximum Gasteiger partial charge on any atom is 0.408 e. The maximum absolute atomic E-state index is 13.5. The van der Waals surface area contributed by atoms with Crippen molar-refractivity contribution < 1.29 is 33.0 Å². The second-order valence-electron chi connectivity index (χ2n) is 8.87. The van der Waals surface area contributed by atoms with Crippen molar-refractivity contribution in [3.8, 4) is 11.3 Å². The standard InChI is InChI=1S/C29H29N2O7P/c32-28(36-19-22-10-4-1-5-11-22)17-16-27(30-29(33)37-20-23-12-6-2-7-13-23)39(34,35)21-25-18-26(31-38-25)24-14-8-3-9-15-24/h1-15,18,27H,16-17,19-21H2,(H,30,33)(H,34,35). The van der Waals surface area contributed by atoms with Crippen LogP contribution in [0, 0.1) is 0 Å². The number of benzene rings is 3. The van der Waals surface area contributed by atoms with Crippen molar-refractivity contribution in [3.63, 3.8) is 0 Å². The van der Waals surface area contributed by atoms with Gasteiger partial charge in [0.25, 0.3) is 0 Å². The molecule has 2 unspecified atom stereocenters. The summed E-state index contributed by atoms with van der Waals surface area (Å²) in [6.07, 6.45) is -1.60. The van der Waals surface area contributed by atoms with Gasteiger partial charge in [0.15, 0.2) is 0 Å². The summed E-state index contributed by atoms with van der Waals surface area (Å²) in [6, 6.07) is 29.0. The van der Waals surface area contributed by atoms with E-state index in [0.717, 1.165) is 16.7 Å². The lowest BCUT2D eigenvalue weighted by atomic mass is 10.1. The molecule has 0 aliphatic heterocycles. The Labute approximate surface area is 226 Å². The second kappa shape index (κ2) is 13.6. The fourth-order valence-electron chi connectivity index (χ4n) is 3.81. The third kappa shape index (κ3) is 8.67. The molecule has 202 valence electrons. The van der Waals surface area contributed by atoms with Gasteiger partial charge in [-0.3, -0.25) is 9.36 Å². The van der Waals surface area contributed by atoms with Gasteiger partial charge in [0.2, 0.25) is 7.37 Å². The van der Waals surface area contributed by atoms with Gasteiger partial charge >= 0.3 is 12.1 Å². The number of hydrogen-bond donors (Lipinski definition) is 2. The number of alkyl carbamates (subject to hydrolysis) is 1. The molecule has 1 aromatic heterocycles. The molecule has 4 aromatic rings. The normalized spacial score (nSPS) is 13.2. The van der Waals surface area contributed by atoms with Gasteiger partial charge in [-0.05, 0) is 17.5 Å². The Hall–Kier alpha value is -4.20. The number of carbonyl (C=O) groups is 2. The monoisotopic (exact) mass is 548 g/mol. The molecule has 4 rings (SSSR count). The lowest BCUT2D eigenvalue weighted by Gasteiger charge is -2.23. The number of esters is 1. The fraction of sp³-hybridized carbons (Fsp3) is 0.207. The Morgan fingerprint density at radius 3 is 2.05 bits per heavy atom. The number of amides is 1. The van der Waals surface area contributed by atoms with Gasteiger partial charge < -0.3 is 24.2 Å². The van der Waals surface area contributed by atoms with E-state index in [0.29, 0.717) is 5.69 Å². The first-order chi connectivity index (χ1) is 18.9. The minimum absolute atomic E-state index is 0.0171. The molecule has 3 aromatic carbocycles. The molecule has 1 amide bonds. The van der Waals surface area contributed by atoms with Crippen LogP contribution in [0.3, 0.4) is 0 Å². The lowest BCUT2D eigenvalue weighted by molar-refractivity contribution is -0.145. The van der Waals surface area contributed by atoms with Gasteiger partial charge in [-0.1, -0.05) is 96.2 Å². The predicted molar refractivity (Wildman–Crippen MR) is 144 cm³/mol. The van der Waals surface area contributed by atoms with Crippen molar-refractivity contribution in [3.05, 3.63) is 114 Å². The van der Waals surface area contributed by atoms with Gasteiger partial charge in [0.05, 0.1) is 6.16 Å². The van der Waals surface area contributed by atoms with E-state index in [1.807, 2.05) is 78.9 Å². The Morgan fingerprint density at radius 1 is 0.872 bits per heavy atom. The molecule has 9 nitrogen and oxygen atoms in total. The third-order valence-electron chi connectivity index (χ3n) is 5.86. The van der Waals surface area contributed by atoms with Gasteiger partial charge in [0.1, 0.15) is 30.5 Å². The first-order valence-electron chi connectivity index (χ1n) is 12.4. The smallest absolute Gasteiger partial charge is 0.408 e. The van der Waals surface area contributed by atoms with Crippen LogP contribution in [0.25, 0.3) is 11.3 Å². The summed E-state index contributed by atoms with van der Waals surface area (Å²) in [4.78, 5) is 36.0. The Balaban J connectivity index is 1.41. The van der Waals surface area contributed by atoms with Crippen molar-refractivity contribution in [1.82, 2.24) is 10.5 Å². The molecular weight excluding hydrogens is 519 g/mol. The van der Waals surface area contributed by atoms with E-state index >= 15 is 0 Å².